The van der Waals surface area contributed by atoms with Crippen LogP contribution in [0.15, 0.2) is 103 Å². The van der Waals surface area contributed by atoms with Crippen LogP contribution >= 0.6 is 0 Å². The summed E-state index contributed by atoms with van der Waals surface area (Å²) >= 11 is 0. The topological polar surface area (TPSA) is 167 Å². The van der Waals surface area contributed by atoms with Crippen LogP contribution in [-0.2, 0) is 20.9 Å². The Hall–Kier alpha value is -5.90. The highest BCUT2D eigenvalue weighted by atomic mass is 19.1. The van der Waals surface area contributed by atoms with Gasteiger partial charge in [0.25, 0.3) is 0 Å². The molecule has 6 rings (SSSR count). The number of anilines is 1. The Morgan fingerprint density at radius 3 is 2.36 bits per heavy atom. The van der Waals surface area contributed by atoms with Crippen LogP contribution in [0.2, 0.25) is 0 Å². The average molecular weight is 928 g/mol. The molecule has 0 spiro atoms. The highest BCUT2D eigenvalue weighted by Gasteiger charge is 2.66. The molecule has 0 saturated heterocycles. The summed E-state index contributed by atoms with van der Waals surface area (Å²) in [6, 6.07) is 15.2. The Kier molecular flexibility index (Phi) is 17.5. The van der Waals surface area contributed by atoms with E-state index in [0.29, 0.717) is 66.3 Å². The first kappa shape index (κ1) is 50.5. The number of unbranched alkanes of at least 4 members (excludes halogenated alkanes) is 2. The van der Waals surface area contributed by atoms with Crippen molar-refractivity contribution < 1.29 is 57.5 Å². The van der Waals surface area contributed by atoms with Gasteiger partial charge in [-0.25, -0.2) is 14.0 Å². The lowest BCUT2D eigenvalue weighted by atomic mass is 9.55. The molecular weight excluding hydrogens is 862 g/mol. The number of oxime groups is 1. The number of carbonyl (C=O) groups excluding carboxylic acids is 2. The fourth-order valence-electron chi connectivity index (χ4n) is 9.45. The molecule has 0 unspecified atom stereocenters. The number of carbonyl (C=O) groups is 2. The number of nitrogens with one attached hydrogen (secondary N) is 1. The first-order valence-corrected chi connectivity index (χ1v) is 23.1. The summed E-state index contributed by atoms with van der Waals surface area (Å²) in [5.41, 5.74) is 2.49. The molecule has 3 aliphatic rings. The monoisotopic (exact) mass is 927 g/mol. The first-order chi connectivity index (χ1) is 32.3. The van der Waals surface area contributed by atoms with Crippen molar-refractivity contribution in [1.29, 1.82) is 0 Å². The normalized spacial score (nSPS) is 22.2. The van der Waals surface area contributed by atoms with E-state index in [2.05, 4.69) is 24.6 Å². The van der Waals surface area contributed by atoms with Gasteiger partial charge in [-0.15, -0.1) is 13.2 Å². The Bertz CT molecular complexity index is 2240. The van der Waals surface area contributed by atoms with E-state index in [4.69, 9.17) is 38.4 Å². The number of hydrogen-bond acceptors (Lipinski definition) is 12. The number of rotatable bonds is 22. The molecule has 362 valence electrons. The van der Waals surface area contributed by atoms with Gasteiger partial charge in [0.1, 0.15) is 40.5 Å². The highest BCUT2D eigenvalue weighted by molar-refractivity contribution is 6.03. The number of fused-ring (bicyclic) bond motifs is 2. The first-order valence-electron chi connectivity index (χ1n) is 23.1. The van der Waals surface area contributed by atoms with E-state index in [1.54, 1.807) is 59.5 Å². The molecule has 0 bridgehead atoms. The summed E-state index contributed by atoms with van der Waals surface area (Å²) in [5.74, 6) is -1.61. The average Bonchev–Trinajstić information content (AvgIpc) is 3.31. The minimum absolute atomic E-state index is 0.00170. The van der Waals surface area contributed by atoms with Gasteiger partial charge in [0.15, 0.2) is 0 Å². The summed E-state index contributed by atoms with van der Waals surface area (Å²) in [5, 5.41) is 27.6. The van der Waals surface area contributed by atoms with Crippen LogP contribution in [0.1, 0.15) is 89.2 Å². The van der Waals surface area contributed by atoms with Crippen molar-refractivity contribution >= 4 is 23.6 Å². The molecule has 2 amide bonds. The molecule has 3 aromatic carbocycles. The molecule has 14 nitrogen and oxygen atoms in total. The third-order valence-electron chi connectivity index (χ3n) is 12.4. The summed E-state index contributed by atoms with van der Waals surface area (Å²) < 4.78 is 51.4. The highest BCUT2D eigenvalue weighted by Crippen LogP contribution is 2.62. The van der Waals surface area contributed by atoms with E-state index in [0.717, 1.165) is 24.0 Å². The van der Waals surface area contributed by atoms with E-state index in [1.165, 1.54) is 26.4 Å². The number of benzene rings is 3. The smallest absolute Gasteiger partial charge is 0.417 e. The quantitative estimate of drug-likeness (QED) is 0.0499. The van der Waals surface area contributed by atoms with Crippen molar-refractivity contribution in [3.63, 3.8) is 0 Å². The van der Waals surface area contributed by atoms with Crippen LogP contribution < -0.4 is 24.3 Å². The summed E-state index contributed by atoms with van der Waals surface area (Å²) in [7, 11) is 3.03. The molecule has 1 aliphatic heterocycles. The van der Waals surface area contributed by atoms with E-state index in [9.17, 15) is 24.2 Å². The van der Waals surface area contributed by atoms with Crippen LogP contribution in [-0.4, -0.2) is 91.1 Å². The van der Waals surface area contributed by atoms with E-state index >= 15 is 0 Å². The third kappa shape index (κ3) is 12.2. The Morgan fingerprint density at radius 1 is 0.955 bits per heavy atom. The van der Waals surface area contributed by atoms with E-state index in [-0.39, 0.29) is 57.0 Å². The van der Waals surface area contributed by atoms with Gasteiger partial charge < -0.3 is 43.5 Å². The minimum atomic E-state index is -1.61. The summed E-state index contributed by atoms with van der Waals surface area (Å²) in [4.78, 5) is 36.1. The molecule has 0 radical (unpaired) electrons. The standard InChI is InChI=1S/C52H66FN3O11/c1-8-10-28-63-50(60)56(33-34-17-19-36(53)20-18-34)46-32-43(55-67-51(3,4)5)40-29-35(15-11-13-25-57)39(16-12-14-26-58)47-41-30-38(22-24-44(41)66-52(46,48(40)47)64-27-9-2)65-49(59)54-42-23-21-37(61-6)31-45(42)62-7/h8-9,17-24,29-31,35,39,46-48,57-58H,1-2,10-16,25-28,32-33H2,3-7H3,(H,54,59)/t35-,39+,46-,47+,48+,52+/m0/s1. The molecule has 3 aromatic rings. The van der Waals surface area contributed by atoms with Gasteiger partial charge in [0.05, 0.1) is 44.8 Å². The second kappa shape index (κ2) is 23.2. The molecule has 1 saturated carbocycles. The van der Waals surface area contributed by atoms with Crippen LogP contribution in [0.25, 0.3) is 0 Å². The number of allylic oxidation sites excluding steroid dienone is 1. The molecule has 0 aromatic heterocycles. The fraction of sp³-hybridized carbons (Fsp3) is 0.481. The van der Waals surface area contributed by atoms with Gasteiger partial charge >= 0.3 is 12.2 Å². The number of hydrogen-bond donors (Lipinski definition) is 3. The number of aliphatic hydroxyl groups is 2. The van der Waals surface area contributed by atoms with E-state index in [1.807, 2.05) is 26.8 Å². The van der Waals surface area contributed by atoms with Gasteiger partial charge in [0.2, 0.25) is 5.79 Å². The van der Waals surface area contributed by atoms with Gasteiger partial charge in [-0.2, -0.15) is 0 Å². The number of ether oxygens (including phenoxy) is 6. The van der Waals surface area contributed by atoms with Crippen LogP contribution in [0.3, 0.4) is 0 Å². The molecule has 2 aliphatic carbocycles. The number of aliphatic hydroxyl groups excluding tert-OH is 2. The van der Waals surface area contributed by atoms with Crippen LogP contribution in [0, 0.1) is 23.6 Å². The zero-order chi connectivity index (χ0) is 48.1. The number of nitrogens with zero attached hydrogens (tertiary/aromatic N) is 2. The predicted octanol–water partition coefficient (Wildman–Crippen LogP) is 10.1. The Labute approximate surface area is 393 Å². The van der Waals surface area contributed by atoms with Crippen molar-refractivity contribution in [3.8, 4) is 23.0 Å². The third-order valence-corrected chi connectivity index (χ3v) is 12.4. The Morgan fingerprint density at radius 2 is 1.69 bits per heavy atom. The van der Waals surface area contributed by atoms with Gasteiger partial charge in [-0.3, -0.25) is 10.2 Å². The molecule has 67 heavy (non-hydrogen) atoms. The number of halogens is 1. The maximum Gasteiger partial charge on any atom is 0.417 e. The van der Waals surface area contributed by atoms with Gasteiger partial charge in [0, 0.05) is 43.7 Å². The van der Waals surface area contributed by atoms with Crippen molar-refractivity contribution in [2.75, 3.05) is 46.0 Å². The molecule has 1 heterocycles. The Balaban J connectivity index is 1.57. The number of methoxy groups -OCH3 is 2. The zero-order valence-corrected chi connectivity index (χ0v) is 39.3. The lowest BCUT2D eigenvalue weighted by Crippen LogP contribution is -2.70. The van der Waals surface area contributed by atoms with Crippen LogP contribution in [0.4, 0.5) is 19.7 Å². The molecule has 15 heteroatoms. The van der Waals surface area contributed by atoms with Crippen molar-refractivity contribution in [1.82, 2.24) is 4.90 Å². The SMILES string of the molecule is C=CCCOC(=O)N(Cc1ccc(F)cc1)[C@H]1CC(=NOC(C)(C)C)C2=C[C@H](CCCCO)[C@@H](CCCCO)[C@@H]3c4cc(OC(=O)Nc5ccc(OC)cc5OC)ccc4O[C@@]1(OCC=C)[C@H]23. The minimum Gasteiger partial charge on any atom is -0.497 e. The summed E-state index contributed by atoms with van der Waals surface area (Å²) in [6.45, 7) is 13.7. The molecule has 1 fully saturated rings. The maximum atomic E-state index is 14.6. The second-order valence-electron chi connectivity index (χ2n) is 18.0. The maximum absolute atomic E-state index is 14.6. The fourth-order valence-corrected chi connectivity index (χ4v) is 9.45. The van der Waals surface area contributed by atoms with Gasteiger partial charge in [-0.05, 0) is 118 Å². The van der Waals surface area contributed by atoms with Crippen molar-refractivity contribution in [2.45, 2.75) is 102 Å². The molecule has 6 atom stereocenters. The largest absolute Gasteiger partial charge is 0.497 e. The second-order valence-corrected chi connectivity index (χ2v) is 18.0. The van der Waals surface area contributed by atoms with Crippen LogP contribution in [0.5, 0.6) is 23.0 Å². The van der Waals surface area contributed by atoms with Crippen molar-refractivity contribution in [2.24, 2.45) is 22.9 Å². The van der Waals surface area contributed by atoms with Gasteiger partial charge in [-0.1, -0.05) is 48.4 Å². The lowest BCUT2D eigenvalue weighted by molar-refractivity contribution is -0.256. The zero-order valence-electron chi connectivity index (χ0n) is 39.3. The predicted molar refractivity (Wildman–Crippen MR) is 253 cm³/mol. The molecule has 3 N–H and O–H groups in total. The molecular formula is C52H66FN3O11. The van der Waals surface area contributed by atoms with Crippen molar-refractivity contribution in [3.05, 3.63) is 115 Å². The lowest BCUT2D eigenvalue weighted by Gasteiger charge is -2.60. The van der Waals surface area contributed by atoms with E-state index < -0.39 is 47.3 Å². The number of amides is 2. The summed E-state index contributed by atoms with van der Waals surface area (Å²) in [6.07, 6.45) is 8.72.